The van der Waals surface area contributed by atoms with Crippen LogP contribution in [0.3, 0.4) is 0 Å². The summed E-state index contributed by atoms with van der Waals surface area (Å²) in [6.07, 6.45) is 12.7. The Morgan fingerprint density at radius 2 is 0.447 bits per heavy atom. The van der Waals surface area contributed by atoms with Crippen LogP contribution in [-0.4, -0.2) is 0 Å². The molecule has 0 bridgehead atoms. The third kappa shape index (κ3) is 12.0. The van der Waals surface area contributed by atoms with Crippen molar-refractivity contribution in [2.45, 2.75) is 91.9 Å². The van der Waals surface area contributed by atoms with E-state index >= 15 is 0 Å². The fraction of sp³-hybridized carbons (Fsp3) is 0.368. The van der Waals surface area contributed by atoms with Gasteiger partial charge < -0.3 is 0 Å². The zero-order valence-electron chi connectivity index (χ0n) is 24.3. The summed E-state index contributed by atoms with van der Waals surface area (Å²) in [6.45, 7) is 8.58. The molecule has 0 atom stereocenters. The van der Waals surface area contributed by atoms with Crippen molar-refractivity contribution in [3.05, 3.63) is 142 Å². The first kappa shape index (κ1) is 29.4. The number of unbranched alkanes of at least 4 members (excludes halogenated alkanes) is 4. The first-order valence-corrected chi connectivity index (χ1v) is 14.7. The molecule has 0 saturated heterocycles. The fourth-order valence-corrected chi connectivity index (χ4v) is 4.69. The molecule has 200 valence electrons. The first-order chi connectivity index (χ1) is 18.5. The zero-order valence-corrected chi connectivity index (χ0v) is 24.3. The SMILES string of the molecule is Cc1ccc(CCCCCCc2ccc(C)cc2)cc1.Cc1ccc(CCCCc2ccc(C)cc2)cc1. The van der Waals surface area contributed by atoms with E-state index in [-0.39, 0.29) is 0 Å². The normalized spacial score (nSPS) is 10.6. The third-order valence-corrected chi connectivity index (χ3v) is 7.34. The number of rotatable bonds is 12. The van der Waals surface area contributed by atoms with Gasteiger partial charge in [0.25, 0.3) is 0 Å². The van der Waals surface area contributed by atoms with Gasteiger partial charge in [0.1, 0.15) is 0 Å². The van der Waals surface area contributed by atoms with Crippen molar-refractivity contribution < 1.29 is 0 Å². The van der Waals surface area contributed by atoms with E-state index in [9.17, 15) is 0 Å². The Kier molecular flexibility index (Phi) is 12.9. The second-order valence-electron chi connectivity index (χ2n) is 11.1. The van der Waals surface area contributed by atoms with Gasteiger partial charge in [-0.15, -0.1) is 0 Å². The van der Waals surface area contributed by atoms with Crippen molar-refractivity contribution in [3.63, 3.8) is 0 Å². The van der Waals surface area contributed by atoms with Crippen LogP contribution in [-0.2, 0) is 25.7 Å². The van der Waals surface area contributed by atoms with Crippen molar-refractivity contribution in [1.29, 1.82) is 0 Å². The van der Waals surface area contributed by atoms with Gasteiger partial charge in [0.15, 0.2) is 0 Å². The summed E-state index contributed by atoms with van der Waals surface area (Å²) in [4.78, 5) is 0. The number of hydrogen-bond acceptors (Lipinski definition) is 0. The highest BCUT2D eigenvalue weighted by Crippen LogP contribution is 2.13. The molecule has 0 saturated carbocycles. The fourth-order valence-electron chi connectivity index (χ4n) is 4.69. The molecule has 0 aliphatic heterocycles. The van der Waals surface area contributed by atoms with Crippen LogP contribution in [0.1, 0.15) is 83.0 Å². The van der Waals surface area contributed by atoms with Gasteiger partial charge in [0.2, 0.25) is 0 Å². The molecular weight excluding hydrogens is 456 g/mol. The molecule has 0 N–H and O–H groups in total. The molecule has 0 spiro atoms. The van der Waals surface area contributed by atoms with Crippen LogP contribution in [0.5, 0.6) is 0 Å². The average Bonchev–Trinajstić information content (AvgIpc) is 2.93. The van der Waals surface area contributed by atoms with Crippen LogP contribution in [0.25, 0.3) is 0 Å². The van der Waals surface area contributed by atoms with Crippen molar-refractivity contribution in [3.8, 4) is 0 Å². The minimum absolute atomic E-state index is 1.20. The summed E-state index contributed by atoms with van der Waals surface area (Å²) in [7, 11) is 0. The van der Waals surface area contributed by atoms with E-state index in [0.717, 1.165) is 0 Å². The van der Waals surface area contributed by atoms with Crippen LogP contribution in [0, 0.1) is 27.7 Å². The summed E-state index contributed by atoms with van der Waals surface area (Å²) >= 11 is 0. The summed E-state index contributed by atoms with van der Waals surface area (Å²) in [5.41, 5.74) is 11.3. The summed E-state index contributed by atoms with van der Waals surface area (Å²) < 4.78 is 0. The Morgan fingerprint density at radius 1 is 0.263 bits per heavy atom. The molecule has 0 radical (unpaired) electrons. The highest BCUT2D eigenvalue weighted by Gasteiger charge is 1.97. The van der Waals surface area contributed by atoms with Gasteiger partial charge >= 0.3 is 0 Å². The monoisotopic (exact) mass is 504 g/mol. The quantitative estimate of drug-likeness (QED) is 0.168. The largest absolute Gasteiger partial charge is 0.0591 e. The molecule has 0 amide bonds. The topological polar surface area (TPSA) is 0 Å². The summed E-state index contributed by atoms with van der Waals surface area (Å²) in [5.74, 6) is 0. The first-order valence-electron chi connectivity index (χ1n) is 14.7. The lowest BCUT2D eigenvalue weighted by Crippen LogP contribution is -1.89. The number of aryl methyl sites for hydroxylation is 8. The Hall–Kier alpha value is -3.12. The second kappa shape index (κ2) is 16.7. The van der Waals surface area contributed by atoms with Crippen LogP contribution in [0.2, 0.25) is 0 Å². The predicted molar refractivity (Wildman–Crippen MR) is 167 cm³/mol. The lowest BCUT2D eigenvalue weighted by atomic mass is 10.0. The molecule has 4 aromatic carbocycles. The third-order valence-electron chi connectivity index (χ3n) is 7.34. The van der Waals surface area contributed by atoms with Gasteiger partial charge in [-0.25, -0.2) is 0 Å². The van der Waals surface area contributed by atoms with Crippen molar-refractivity contribution >= 4 is 0 Å². The summed E-state index contributed by atoms with van der Waals surface area (Å²) in [5, 5.41) is 0. The van der Waals surface area contributed by atoms with Gasteiger partial charge in [-0.2, -0.15) is 0 Å². The van der Waals surface area contributed by atoms with E-state index in [1.54, 1.807) is 0 Å². The Balaban J connectivity index is 0.000000212. The predicted octanol–water partition coefficient (Wildman–Crippen LogP) is 10.5. The number of benzene rings is 4. The Morgan fingerprint density at radius 3 is 0.658 bits per heavy atom. The molecule has 0 aliphatic carbocycles. The highest BCUT2D eigenvalue weighted by atomic mass is 14.0. The van der Waals surface area contributed by atoms with Crippen LogP contribution >= 0.6 is 0 Å². The van der Waals surface area contributed by atoms with Crippen molar-refractivity contribution in [2.75, 3.05) is 0 Å². The van der Waals surface area contributed by atoms with Crippen molar-refractivity contribution in [2.24, 2.45) is 0 Å². The van der Waals surface area contributed by atoms with Gasteiger partial charge in [-0.3, -0.25) is 0 Å². The van der Waals surface area contributed by atoms with Crippen LogP contribution in [0.4, 0.5) is 0 Å². The van der Waals surface area contributed by atoms with E-state index < -0.39 is 0 Å². The van der Waals surface area contributed by atoms with Gasteiger partial charge in [-0.05, 0) is 101 Å². The van der Waals surface area contributed by atoms with E-state index in [4.69, 9.17) is 0 Å². The molecule has 4 rings (SSSR count). The maximum atomic E-state index is 2.27. The van der Waals surface area contributed by atoms with E-state index in [0.29, 0.717) is 0 Å². The molecule has 38 heavy (non-hydrogen) atoms. The van der Waals surface area contributed by atoms with Crippen molar-refractivity contribution in [1.82, 2.24) is 0 Å². The highest BCUT2D eigenvalue weighted by molar-refractivity contribution is 5.24. The van der Waals surface area contributed by atoms with Gasteiger partial charge in [-0.1, -0.05) is 132 Å². The number of hydrogen-bond donors (Lipinski definition) is 0. The summed E-state index contributed by atoms with van der Waals surface area (Å²) in [6, 6.07) is 35.7. The molecule has 0 aromatic heterocycles. The molecule has 0 nitrogen and oxygen atoms in total. The average molecular weight is 505 g/mol. The van der Waals surface area contributed by atoms with Gasteiger partial charge in [0, 0.05) is 0 Å². The molecule has 0 heterocycles. The van der Waals surface area contributed by atoms with Gasteiger partial charge in [0.05, 0.1) is 0 Å². The molecule has 0 unspecified atom stereocenters. The minimum atomic E-state index is 1.20. The molecule has 0 heteroatoms. The Bertz CT molecular complexity index is 1050. The van der Waals surface area contributed by atoms with E-state index in [1.807, 2.05) is 0 Å². The second-order valence-corrected chi connectivity index (χ2v) is 11.1. The maximum Gasteiger partial charge on any atom is -0.0279 e. The molecular formula is C38H48. The zero-order chi connectivity index (χ0) is 27.0. The van der Waals surface area contributed by atoms with Crippen LogP contribution in [0.15, 0.2) is 97.1 Å². The Labute approximate surface area is 233 Å². The molecule has 0 aliphatic rings. The lowest BCUT2D eigenvalue weighted by molar-refractivity contribution is 0.640. The smallest absolute Gasteiger partial charge is 0.0279 e. The maximum absolute atomic E-state index is 2.27. The van der Waals surface area contributed by atoms with E-state index in [1.165, 1.54) is 109 Å². The minimum Gasteiger partial charge on any atom is -0.0591 e. The lowest BCUT2D eigenvalue weighted by Gasteiger charge is -2.04. The van der Waals surface area contributed by atoms with Crippen LogP contribution < -0.4 is 0 Å². The molecule has 4 aromatic rings. The molecule has 0 fully saturated rings. The standard InChI is InChI=1S/C20H26.C18H22/c1-17-9-13-19(14-10-17)7-5-3-4-6-8-20-15-11-18(2)12-16-20;1-15-7-11-17(12-8-15)5-3-4-6-18-13-9-16(2)10-14-18/h9-16H,3-8H2,1-2H3;7-14H,3-6H2,1-2H3. The van der Waals surface area contributed by atoms with E-state index in [2.05, 4.69) is 125 Å².